The average molecular weight is 220 g/mol. The fourth-order valence-electron chi connectivity index (χ4n) is 0.919. The van der Waals surface area contributed by atoms with Crippen molar-refractivity contribution in [3.63, 3.8) is 0 Å². The number of aromatic hydroxyl groups is 1. The summed E-state index contributed by atoms with van der Waals surface area (Å²) in [6, 6.07) is 4.38. The predicted octanol–water partition coefficient (Wildman–Crippen LogP) is 2.65. The Balaban J connectivity index is 0.00000144. The molecule has 1 aromatic carbocycles. The van der Waals surface area contributed by atoms with Crippen LogP contribution in [0.5, 0.6) is 5.75 Å². The van der Waals surface area contributed by atoms with E-state index < -0.39 is 0 Å². The lowest BCUT2D eigenvalue weighted by Crippen LogP contribution is -2.06. The van der Waals surface area contributed by atoms with Crippen molar-refractivity contribution in [2.45, 2.75) is 6.04 Å². The van der Waals surface area contributed by atoms with E-state index >= 15 is 0 Å². The van der Waals surface area contributed by atoms with Crippen LogP contribution in [0, 0.1) is 0 Å². The molecule has 0 saturated heterocycles. The third-order valence-corrected chi connectivity index (χ3v) is 1.84. The quantitative estimate of drug-likeness (QED) is 0.752. The summed E-state index contributed by atoms with van der Waals surface area (Å²) in [5, 5.41) is 9.91. The Morgan fingerprint density at radius 1 is 1.54 bits per heavy atom. The van der Waals surface area contributed by atoms with Gasteiger partial charge in [0.25, 0.3) is 0 Å². The van der Waals surface area contributed by atoms with Gasteiger partial charge in [0.05, 0.1) is 6.04 Å². The smallest absolute Gasteiger partial charge is 0.120 e. The monoisotopic (exact) mass is 219 g/mol. The molecule has 72 valence electrons. The van der Waals surface area contributed by atoms with Gasteiger partial charge in [0, 0.05) is 10.6 Å². The van der Waals surface area contributed by atoms with Crippen LogP contribution in [-0.2, 0) is 0 Å². The fraction of sp³-hybridized carbons (Fsp3) is 0.111. The van der Waals surface area contributed by atoms with E-state index in [4.69, 9.17) is 17.3 Å². The fourth-order valence-corrected chi connectivity index (χ4v) is 1.10. The number of rotatable bonds is 2. The molecule has 0 amide bonds. The van der Waals surface area contributed by atoms with Crippen LogP contribution in [0.4, 0.5) is 0 Å². The van der Waals surface area contributed by atoms with Crippen LogP contribution >= 0.6 is 24.0 Å². The van der Waals surface area contributed by atoms with Crippen molar-refractivity contribution in [1.29, 1.82) is 0 Å². The van der Waals surface area contributed by atoms with Crippen LogP contribution in [0.3, 0.4) is 0 Å². The zero-order valence-corrected chi connectivity index (χ0v) is 8.48. The summed E-state index contributed by atoms with van der Waals surface area (Å²) in [6.07, 6.45) is 1.55. The maximum absolute atomic E-state index is 9.35. The van der Waals surface area contributed by atoms with Crippen molar-refractivity contribution in [1.82, 2.24) is 0 Å². The average Bonchev–Trinajstić information content (AvgIpc) is 2.08. The van der Waals surface area contributed by atoms with Gasteiger partial charge in [-0.15, -0.1) is 19.0 Å². The topological polar surface area (TPSA) is 46.2 Å². The number of phenolic OH excluding ortho intramolecular Hbond substituents is 1. The lowest BCUT2D eigenvalue weighted by Gasteiger charge is -2.08. The number of nitrogens with two attached hydrogens (primary N) is 1. The molecule has 2 nitrogen and oxygen atoms in total. The Bertz CT molecular complexity index is 302. The molecule has 0 unspecified atom stereocenters. The molecule has 0 aliphatic rings. The van der Waals surface area contributed by atoms with Gasteiger partial charge in [0.1, 0.15) is 5.75 Å². The molecule has 0 bridgehead atoms. The maximum atomic E-state index is 9.35. The van der Waals surface area contributed by atoms with Gasteiger partial charge in [-0.1, -0.05) is 17.7 Å². The van der Waals surface area contributed by atoms with Gasteiger partial charge in [-0.05, 0) is 18.2 Å². The summed E-state index contributed by atoms with van der Waals surface area (Å²) in [6.45, 7) is 3.53. The highest BCUT2D eigenvalue weighted by atomic mass is 35.5. The van der Waals surface area contributed by atoms with Crippen LogP contribution in [0.15, 0.2) is 30.9 Å². The van der Waals surface area contributed by atoms with Crippen molar-refractivity contribution < 1.29 is 5.11 Å². The minimum absolute atomic E-state index is 0. The van der Waals surface area contributed by atoms with Crippen LogP contribution in [0.1, 0.15) is 11.6 Å². The van der Waals surface area contributed by atoms with Gasteiger partial charge in [-0.3, -0.25) is 0 Å². The lowest BCUT2D eigenvalue weighted by molar-refractivity contribution is 0.466. The molecule has 0 fully saturated rings. The first-order valence-corrected chi connectivity index (χ1v) is 3.89. The highest BCUT2D eigenvalue weighted by molar-refractivity contribution is 6.30. The van der Waals surface area contributed by atoms with Crippen molar-refractivity contribution in [3.8, 4) is 5.75 Å². The summed E-state index contributed by atoms with van der Waals surface area (Å²) in [5.41, 5.74) is 6.22. The molecule has 13 heavy (non-hydrogen) atoms. The Morgan fingerprint density at radius 3 is 2.69 bits per heavy atom. The molecule has 0 radical (unpaired) electrons. The molecule has 3 N–H and O–H groups in total. The number of halogens is 2. The van der Waals surface area contributed by atoms with E-state index in [1.807, 2.05) is 0 Å². The molecular weight excluding hydrogens is 209 g/mol. The molecule has 0 saturated carbocycles. The zero-order chi connectivity index (χ0) is 9.14. The molecule has 4 heteroatoms. The number of hydrogen-bond donors (Lipinski definition) is 2. The maximum Gasteiger partial charge on any atom is 0.120 e. The van der Waals surface area contributed by atoms with Crippen LogP contribution in [-0.4, -0.2) is 5.11 Å². The van der Waals surface area contributed by atoms with Gasteiger partial charge in [0.15, 0.2) is 0 Å². The number of benzene rings is 1. The van der Waals surface area contributed by atoms with E-state index in [1.54, 1.807) is 18.2 Å². The second-order valence-electron chi connectivity index (χ2n) is 2.46. The van der Waals surface area contributed by atoms with Crippen molar-refractivity contribution in [2.24, 2.45) is 5.73 Å². The summed E-state index contributed by atoms with van der Waals surface area (Å²) >= 11 is 5.72. The third kappa shape index (κ3) is 2.92. The molecule has 1 atom stereocenters. The van der Waals surface area contributed by atoms with Crippen molar-refractivity contribution in [2.75, 3.05) is 0 Å². The Labute approximate surface area is 88.4 Å². The Kier molecular flexibility index (Phi) is 4.85. The molecular formula is C9H11Cl2NO. The van der Waals surface area contributed by atoms with E-state index in [2.05, 4.69) is 6.58 Å². The predicted molar refractivity (Wildman–Crippen MR) is 57.5 cm³/mol. The number of phenols is 1. The largest absolute Gasteiger partial charge is 0.508 e. The molecule has 0 spiro atoms. The van der Waals surface area contributed by atoms with Crippen molar-refractivity contribution in [3.05, 3.63) is 41.4 Å². The Morgan fingerprint density at radius 2 is 2.15 bits per heavy atom. The summed E-state index contributed by atoms with van der Waals surface area (Å²) in [7, 11) is 0. The van der Waals surface area contributed by atoms with E-state index in [0.717, 1.165) is 0 Å². The van der Waals surface area contributed by atoms with E-state index in [1.165, 1.54) is 6.07 Å². The van der Waals surface area contributed by atoms with Gasteiger partial charge < -0.3 is 10.8 Å². The third-order valence-electron chi connectivity index (χ3n) is 1.60. The summed E-state index contributed by atoms with van der Waals surface area (Å²) in [5.74, 6) is 0.145. The molecule has 1 rings (SSSR count). The van der Waals surface area contributed by atoms with E-state index in [-0.39, 0.29) is 24.2 Å². The van der Waals surface area contributed by atoms with Gasteiger partial charge in [-0.25, -0.2) is 0 Å². The highest BCUT2D eigenvalue weighted by Crippen LogP contribution is 2.26. The first kappa shape index (κ1) is 12.3. The highest BCUT2D eigenvalue weighted by Gasteiger charge is 2.07. The van der Waals surface area contributed by atoms with E-state index in [9.17, 15) is 5.11 Å². The van der Waals surface area contributed by atoms with E-state index in [0.29, 0.717) is 10.6 Å². The standard InChI is InChI=1S/C9H10ClNO.ClH/c1-2-8(11)7-5-6(10)3-4-9(7)12;/h2-5,8,12H,1,11H2;1H/t8-;/m0./s1. The summed E-state index contributed by atoms with van der Waals surface area (Å²) in [4.78, 5) is 0. The molecule has 0 aliphatic heterocycles. The zero-order valence-electron chi connectivity index (χ0n) is 6.90. The van der Waals surface area contributed by atoms with Crippen LogP contribution < -0.4 is 5.73 Å². The van der Waals surface area contributed by atoms with Gasteiger partial charge in [-0.2, -0.15) is 0 Å². The lowest BCUT2D eigenvalue weighted by atomic mass is 10.1. The summed E-state index contributed by atoms with van der Waals surface area (Å²) < 4.78 is 0. The second-order valence-corrected chi connectivity index (χ2v) is 2.90. The van der Waals surface area contributed by atoms with Crippen LogP contribution in [0.2, 0.25) is 5.02 Å². The molecule has 0 aromatic heterocycles. The first-order valence-electron chi connectivity index (χ1n) is 3.51. The van der Waals surface area contributed by atoms with Gasteiger partial charge >= 0.3 is 0 Å². The Hall–Kier alpha value is -0.700. The first-order chi connectivity index (χ1) is 5.65. The second kappa shape index (κ2) is 5.12. The molecule has 1 aromatic rings. The number of hydrogen-bond acceptors (Lipinski definition) is 2. The minimum Gasteiger partial charge on any atom is -0.508 e. The van der Waals surface area contributed by atoms with Gasteiger partial charge in [0.2, 0.25) is 0 Å². The molecule has 0 heterocycles. The molecule has 0 aliphatic carbocycles. The van der Waals surface area contributed by atoms with Crippen molar-refractivity contribution >= 4 is 24.0 Å². The van der Waals surface area contributed by atoms with Crippen LogP contribution in [0.25, 0.3) is 0 Å². The minimum atomic E-state index is -0.372. The normalized spacial score (nSPS) is 11.5. The SMILES string of the molecule is C=C[C@H](N)c1cc(Cl)ccc1O.Cl.